The minimum atomic E-state index is 0.141. The first kappa shape index (κ1) is 10.5. The van der Waals surface area contributed by atoms with E-state index in [-0.39, 0.29) is 6.04 Å². The van der Waals surface area contributed by atoms with E-state index in [4.69, 9.17) is 4.42 Å². The van der Waals surface area contributed by atoms with Crippen LogP contribution in [-0.2, 0) is 0 Å². The third-order valence-corrected chi connectivity index (χ3v) is 2.37. The van der Waals surface area contributed by atoms with Crippen LogP contribution in [0.15, 0.2) is 41.1 Å². The van der Waals surface area contributed by atoms with Gasteiger partial charge in [0.25, 0.3) is 0 Å². The average molecular weight is 217 g/mol. The highest BCUT2D eigenvalue weighted by molar-refractivity contribution is 5.52. The molecule has 0 radical (unpaired) electrons. The fourth-order valence-electron chi connectivity index (χ4n) is 1.52. The fraction of sp³-hybridized carbons (Fsp3) is 0.250. The van der Waals surface area contributed by atoms with Gasteiger partial charge in [-0.1, -0.05) is 0 Å². The number of anilines is 2. The molecule has 0 bridgehead atoms. The van der Waals surface area contributed by atoms with Crippen LogP contribution in [0.2, 0.25) is 0 Å². The predicted molar refractivity (Wildman–Crippen MR) is 64.5 cm³/mol. The highest BCUT2D eigenvalue weighted by atomic mass is 16.3. The standard InChI is InChI=1S/C12H15N3O/c1-9(11-4-3-7-16-11)15-10-5-6-14-12(8-10)13-2/h3-9H,1-2H3,(H2,13,14,15). The first-order valence-electron chi connectivity index (χ1n) is 5.23. The van der Waals surface area contributed by atoms with Crippen LogP contribution in [-0.4, -0.2) is 12.0 Å². The van der Waals surface area contributed by atoms with Crippen LogP contribution in [0.5, 0.6) is 0 Å². The van der Waals surface area contributed by atoms with E-state index in [9.17, 15) is 0 Å². The van der Waals surface area contributed by atoms with Crippen molar-refractivity contribution in [2.45, 2.75) is 13.0 Å². The summed E-state index contributed by atoms with van der Waals surface area (Å²) in [5, 5.41) is 6.35. The first-order chi connectivity index (χ1) is 7.79. The highest BCUT2D eigenvalue weighted by Gasteiger charge is 2.07. The Morgan fingerprint density at radius 2 is 2.25 bits per heavy atom. The molecule has 0 aliphatic rings. The molecule has 16 heavy (non-hydrogen) atoms. The Bertz CT molecular complexity index is 439. The summed E-state index contributed by atoms with van der Waals surface area (Å²) in [6.45, 7) is 2.05. The molecule has 4 heteroatoms. The topological polar surface area (TPSA) is 50.1 Å². The number of hydrogen-bond acceptors (Lipinski definition) is 4. The smallest absolute Gasteiger partial charge is 0.127 e. The van der Waals surface area contributed by atoms with Gasteiger partial charge in [0.15, 0.2) is 0 Å². The maximum absolute atomic E-state index is 5.33. The Kier molecular flexibility index (Phi) is 3.10. The van der Waals surface area contributed by atoms with Crippen molar-refractivity contribution in [3.63, 3.8) is 0 Å². The van der Waals surface area contributed by atoms with Crippen molar-refractivity contribution in [1.29, 1.82) is 0 Å². The maximum Gasteiger partial charge on any atom is 0.127 e. The molecule has 2 heterocycles. The first-order valence-corrected chi connectivity index (χ1v) is 5.23. The molecular formula is C12H15N3O. The molecule has 84 valence electrons. The molecule has 0 aliphatic carbocycles. The van der Waals surface area contributed by atoms with Crippen LogP contribution in [0.3, 0.4) is 0 Å². The van der Waals surface area contributed by atoms with Gasteiger partial charge < -0.3 is 15.1 Å². The molecular weight excluding hydrogens is 202 g/mol. The van der Waals surface area contributed by atoms with Crippen LogP contribution >= 0.6 is 0 Å². The monoisotopic (exact) mass is 217 g/mol. The Labute approximate surface area is 94.7 Å². The molecule has 0 fully saturated rings. The van der Waals surface area contributed by atoms with Gasteiger partial charge in [-0.3, -0.25) is 0 Å². The average Bonchev–Trinajstić information content (AvgIpc) is 2.83. The van der Waals surface area contributed by atoms with Gasteiger partial charge in [-0.05, 0) is 25.1 Å². The van der Waals surface area contributed by atoms with Crippen LogP contribution in [0.1, 0.15) is 18.7 Å². The van der Waals surface area contributed by atoms with E-state index in [1.165, 1.54) is 0 Å². The zero-order valence-corrected chi connectivity index (χ0v) is 9.40. The molecule has 2 aromatic rings. The molecule has 0 amide bonds. The van der Waals surface area contributed by atoms with Crippen LogP contribution in [0.4, 0.5) is 11.5 Å². The molecule has 0 aliphatic heterocycles. The van der Waals surface area contributed by atoms with Gasteiger partial charge in [-0.2, -0.15) is 0 Å². The van der Waals surface area contributed by atoms with Crippen molar-refractivity contribution in [2.24, 2.45) is 0 Å². The van der Waals surface area contributed by atoms with Crippen molar-refractivity contribution in [1.82, 2.24) is 4.98 Å². The lowest BCUT2D eigenvalue weighted by atomic mass is 10.2. The third-order valence-electron chi connectivity index (χ3n) is 2.37. The van der Waals surface area contributed by atoms with Gasteiger partial charge in [0.1, 0.15) is 11.6 Å². The van der Waals surface area contributed by atoms with E-state index in [1.54, 1.807) is 12.5 Å². The van der Waals surface area contributed by atoms with Gasteiger partial charge >= 0.3 is 0 Å². The number of hydrogen-bond donors (Lipinski definition) is 2. The Hall–Kier alpha value is -1.97. The summed E-state index contributed by atoms with van der Waals surface area (Å²) in [6.07, 6.45) is 3.45. The van der Waals surface area contributed by atoms with E-state index < -0.39 is 0 Å². The SMILES string of the molecule is CNc1cc(NC(C)c2ccco2)ccn1. The zero-order valence-electron chi connectivity index (χ0n) is 9.40. The van der Waals surface area contributed by atoms with Crippen molar-refractivity contribution in [3.8, 4) is 0 Å². The van der Waals surface area contributed by atoms with Crippen molar-refractivity contribution < 1.29 is 4.42 Å². The quantitative estimate of drug-likeness (QED) is 0.826. The van der Waals surface area contributed by atoms with Gasteiger partial charge in [-0.15, -0.1) is 0 Å². The fourth-order valence-corrected chi connectivity index (χ4v) is 1.52. The lowest BCUT2D eigenvalue weighted by Gasteiger charge is -2.13. The second kappa shape index (κ2) is 4.70. The Balaban J connectivity index is 2.08. The number of nitrogens with zero attached hydrogens (tertiary/aromatic N) is 1. The van der Waals surface area contributed by atoms with Crippen molar-refractivity contribution in [3.05, 3.63) is 42.5 Å². The van der Waals surface area contributed by atoms with Gasteiger partial charge in [0.2, 0.25) is 0 Å². The van der Waals surface area contributed by atoms with E-state index in [2.05, 4.69) is 22.5 Å². The van der Waals surface area contributed by atoms with E-state index in [0.717, 1.165) is 17.3 Å². The number of rotatable bonds is 4. The Morgan fingerprint density at radius 1 is 1.38 bits per heavy atom. The summed E-state index contributed by atoms with van der Waals surface area (Å²) < 4.78 is 5.33. The zero-order chi connectivity index (χ0) is 11.4. The predicted octanol–water partition coefficient (Wildman–Crippen LogP) is 2.89. The van der Waals surface area contributed by atoms with E-state index in [0.29, 0.717) is 0 Å². The second-order valence-electron chi connectivity index (χ2n) is 3.56. The minimum Gasteiger partial charge on any atom is -0.467 e. The molecule has 2 aromatic heterocycles. The molecule has 4 nitrogen and oxygen atoms in total. The van der Waals surface area contributed by atoms with Crippen LogP contribution in [0, 0.1) is 0 Å². The van der Waals surface area contributed by atoms with E-state index in [1.807, 2.05) is 31.3 Å². The Morgan fingerprint density at radius 3 is 2.94 bits per heavy atom. The molecule has 2 N–H and O–H groups in total. The minimum absolute atomic E-state index is 0.141. The van der Waals surface area contributed by atoms with Crippen molar-refractivity contribution >= 4 is 11.5 Å². The van der Waals surface area contributed by atoms with Crippen LogP contribution in [0.25, 0.3) is 0 Å². The number of furan rings is 1. The largest absolute Gasteiger partial charge is 0.467 e. The third kappa shape index (κ3) is 2.34. The normalized spacial score (nSPS) is 12.1. The summed E-state index contributed by atoms with van der Waals surface area (Å²) in [6, 6.07) is 7.87. The summed E-state index contributed by atoms with van der Waals surface area (Å²) in [5.74, 6) is 1.76. The summed E-state index contributed by atoms with van der Waals surface area (Å²) in [7, 11) is 1.85. The molecule has 1 unspecified atom stereocenters. The van der Waals surface area contributed by atoms with Gasteiger partial charge in [0, 0.05) is 25.0 Å². The molecule has 1 atom stereocenters. The number of aromatic nitrogens is 1. The lowest BCUT2D eigenvalue weighted by molar-refractivity contribution is 0.490. The molecule has 0 spiro atoms. The van der Waals surface area contributed by atoms with E-state index >= 15 is 0 Å². The number of pyridine rings is 1. The van der Waals surface area contributed by atoms with Gasteiger partial charge in [0.05, 0.1) is 12.3 Å². The van der Waals surface area contributed by atoms with Gasteiger partial charge in [-0.25, -0.2) is 4.98 Å². The second-order valence-corrected chi connectivity index (χ2v) is 3.56. The summed E-state index contributed by atoms with van der Waals surface area (Å²) >= 11 is 0. The summed E-state index contributed by atoms with van der Waals surface area (Å²) in [5.41, 5.74) is 1.02. The lowest BCUT2D eigenvalue weighted by Crippen LogP contribution is -2.06. The molecule has 0 saturated carbocycles. The van der Waals surface area contributed by atoms with Crippen molar-refractivity contribution in [2.75, 3.05) is 17.7 Å². The van der Waals surface area contributed by atoms with Crippen LogP contribution < -0.4 is 10.6 Å². The molecule has 0 aromatic carbocycles. The highest BCUT2D eigenvalue weighted by Crippen LogP contribution is 2.20. The molecule has 0 saturated heterocycles. The summed E-state index contributed by atoms with van der Waals surface area (Å²) in [4.78, 5) is 4.15. The number of nitrogens with one attached hydrogen (secondary N) is 2. The maximum atomic E-state index is 5.33. The molecule has 2 rings (SSSR count).